The zero-order chi connectivity index (χ0) is 33.6. The second-order valence-electron chi connectivity index (χ2n) is 11.9. The molecule has 14 heteroatoms. The van der Waals surface area contributed by atoms with Gasteiger partial charge in [0.25, 0.3) is 11.2 Å². The van der Waals surface area contributed by atoms with Gasteiger partial charge in [0.05, 0.1) is 25.4 Å². The SMILES string of the molecule is COC(=O)C12Oc3ccc(-c4ccc(O)c5c4OC4(C(=O)OC)C(=C5O)C(=O)CC(C)C4O)c(O)c3C(O)=C1C(=O)CC(C)C2O. The van der Waals surface area contributed by atoms with Crippen LogP contribution in [0.3, 0.4) is 0 Å². The summed E-state index contributed by atoms with van der Waals surface area (Å²) in [6.07, 6.45) is -3.83. The number of phenolic OH excluding ortho intramolecular Hbond substituents is 2. The van der Waals surface area contributed by atoms with Gasteiger partial charge in [-0.2, -0.15) is 0 Å². The van der Waals surface area contributed by atoms with E-state index < -0.39 is 110 Å². The number of carbonyl (C=O) groups excluding carboxylic acids is 4. The third kappa shape index (κ3) is 3.70. The molecule has 46 heavy (non-hydrogen) atoms. The van der Waals surface area contributed by atoms with Crippen molar-refractivity contribution in [2.24, 2.45) is 11.8 Å². The van der Waals surface area contributed by atoms with Gasteiger partial charge >= 0.3 is 11.9 Å². The van der Waals surface area contributed by atoms with Crippen molar-refractivity contribution < 1.29 is 68.8 Å². The number of ether oxygens (including phenoxy) is 4. The van der Waals surface area contributed by atoms with E-state index in [0.29, 0.717) is 0 Å². The van der Waals surface area contributed by atoms with Gasteiger partial charge in [-0.05, 0) is 36.1 Å². The number of hydrogen-bond acceptors (Lipinski definition) is 14. The molecular formula is C32H30O14. The lowest BCUT2D eigenvalue weighted by Crippen LogP contribution is -2.64. The summed E-state index contributed by atoms with van der Waals surface area (Å²) >= 11 is 0. The Bertz CT molecular complexity index is 1820. The molecule has 2 aliphatic heterocycles. The fourth-order valence-corrected chi connectivity index (χ4v) is 7.00. The molecule has 2 heterocycles. The molecule has 2 aromatic carbocycles. The number of fused-ring (bicyclic) bond motifs is 4. The van der Waals surface area contributed by atoms with Gasteiger partial charge in [0, 0.05) is 24.0 Å². The van der Waals surface area contributed by atoms with E-state index in [1.165, 1.54) is 32.0 Å². The van der Waals surface area contributed by atoms with Gasteiger partial charge in [-0.25, -0.2) is 9.59 Å². The number of carbonyl (C=O) groups is 4. The van der Waals surface area contributed by atoms with Crippen LogP contribution in [0.25, 0.3) is 22.6 Å². The summed E-state index contributed by atoms with van der Waals surface area (Å²) in [5.41, 5.74) is -7.36. The maximum atomic E-state index is 13.3. The molecule has 2 saturated carbocycles. The number of ketones is 2. The van der Waals surface area contributed by atoms with Gasteiger partial charge in [-0.3, -0.25) is 9.59 Å². The maximum absolute atomic E-state index is 13.3. The minimum absolute atomic E-state index is 0.105. The highest BCUT2D eigenvalue weighted by Crippen LogP contribution is 2.56. The highest BCUT2D eigenvalue weighted by atomic mass is 16.6. The molecule has 6 rings (SSSR count). The molecule has 6 N–H and O–H groups in total. The monoisotopic (exact) mass is 638 g/mol. The average Bonchev–Trinajstić information content (AvgIpc) is 3.01. The van der Waals surface area contributed by atoms with Crippen LogP contribution in [0.15, 0.2) is 35.4 Å². The maximum Gasteiger partial charge on any atom is 0.358 e. The van der Waals surface area contributed by atoms with Crippen molar-refractivity contribution >= 4 is 35.0 Å². The van der Waals surface area contributed by atoms with Gasteiger partial charge in [0.2, 0.25) is 0 Å². The summed E-state index contributed by atoms with van der Waals surface area (Å²) in [5, 5.41) is 67.5. The molecule has 242 valence electrons. The lowest BCUT2D eigenvalue weighted by molar-refractivity contribution is -0.173. The first-order valence-corrected chi connectivity index (χ1v) is 14.3. The molecule has 0 bridgehead atoms. The lowest BCUT2D eigenvalue weighted by atomic mass is 9.69. The number of Topliss-reactive ketones (excluding diaryl/α,β-unsaturated/α-hetero) is 2. The van der Waals surface area contributed by atoms with Crippen molar-refractivity contribution in [2.75, 3.05) is 14.2 Å². The molecule has 0 spiro atoms. The van der Waals surface area contributed by atoms with E-state index in [1.54, 1.807) is 0 Å². The molecule has 2 fully saturated rings. The summed E-state index contributed by atoms with van der Waals surface area (Å²) in [4.78, 5) is 52.7. The molecule has 0 aromatic heterocycles. The van der Waals surface area contributed by atoms with E-state index in [9.17, 15) is 49.8 Å². The van der Waals surface area contributed by atoms with Crippen molar-refractivity contribution in [1.82, 2.24) is 0 Å². The summed E-state index contributed by atoms with van der Waals surface area (Å²) in [5.74, 6) is -9.21. The molecule has 0 radical (unpaired) electrons. The van der Waals surface area contributed by atoms with Crippen LogP contribution in [-0.2, 0) is 28.7 Å². The summed E-state index contributed by atoms with van der Waals surface area (Å²) < 4.78 is 21.8. The fourth-order valence-electron chi connectivity index (χ4n) is 7.00. The van der Waals surface area contributed by atoms with Crippen LogP contribution in [0.5, 0.6) is 23.0 Å². The van der Waals surface area contributed by atoms with E-state index in [-0.39, 0.29) is 29.7 Å². The molecule has 4 aliphatic rings. The number of methoxy groups -OCH3 is 2. The van der Waals surface area contributed by atoms with Gasteiger partial charge in [-0.15, -0.1) is 0 Å². The Labute approximate surface area is 260 Å². The van der Waals surface area contributed by atoms with E-state index in [4.69, 9.17) is 18.9 Å². The molecule has 6 atom stereocenters. The zero-order valence-electron chi connectivity index (χ0n) is 25.0. The number of aliphatic hydroxyl groups is 4. The highest BCUT2D eigenvalue weighted by Gasteiger charge is 2.64. The normalized spacial score (nSPS) is 29.9. The van der Waals surface area contributed by atoms with Crippen LogP contribution in [0.1, 0.15) is 37.8 Å². The Morgan fingerprint density at radius 2 is 1.22 bits per heavy atom. The summed E-state index contributed by atoms with van der Waals surface area (Å²) in [6.45, 7) is 3.01. The standard InChI is InChI=1S/C32H30O14/c1-11-9-17(35)22-25(38)20-18(45-31(22,27(11)39)29(41)43-3)8-6-13(23(20)36)14-5-7-15(33)19-24(37)21-16(34)10-12(2)28(40)32(21,30(42)44-4)46-26(14)19/h5-8,11-12,27-28,33,36-40H,9-10H2,1-4H3. The Morgan fingerprint density at radius 3 is 1.74 bits per heavy atom. The molecule has 14 nitrogen and oxygen atoms in total. The van der Waals surface area contributed by atoms with Crippen LogP contribution in [-0.4, -0.2) is 91.8 Å². The molecular weight excluding hydrogens is 608 g/mol. The molecule has 2 aliphatic carbocycles. The van der Waals surface area contributed by atoms with Crippen molar-refractivity contribution in [3.63, 3.8) is 0 Å². The van der Waals surface area contributed by atoms with Crippen molar-refractivity contribution in [3.05, 3.63) is 46.5 Å². The number of aromatic hydroxyl groups is 2. The second-order valence-corrected chi connectivity index (χ2v) is 11.9. The quantitative estimate of drug-likeness (QED) is 0.264. The molecule has 0 saturated heterocycles. The minimum atomic E-state index is -2.55. The number of phenols is 2. The third-order valence-corrected chi connectivity index (χ3v) is 9.25. The van der Waals surface area contributed by atoms with Crippen molar-refractivity contribution in [2.45, 2.75) is 50.1 Å². The van der Waals surface area contributed by atoms with E-state index >= 15 is 0 Å². The Kier molecular flexibility index (Phi) is 6.87. The Morgan fingerprint density at radius 1 is 0.739 bits per heavy atom. The first kappa shape index (κ1) is 30.9. The predicted octanol–water partition coefficient (Wildman–Crippen LogP) is 1.85. The largest absolute Gasteiger partial charge is 0.507 e. The average molecular weight is 639 g/mol. The van der Waals surface area contributed by atoms with E-state index in [1.807, 2.05) is 0 Å². The summed E-state index contributed by atoms with van der Waals surface area (Å²) in [7, 11) is 2.01. The van der Waals surface area contributed by atoms with Crippen molar-refractivity contribution in [1.29, 1.82) is 0 Å². The van der Waals surface area contributed by atoms with Crippen molar-refractivity contribution in [3.8, 4) is 34.1 Å². The first-order chi connectivity index (χ1) is 21.7. The number of benzene rings is 2. The number of esters is 2. The van der Waals surface area contributed by atoms with Gasteiger partial charge < -0.3 is 49.6 Å². The van der Waals surface area contributed by atoms with Crippen LogP contribution < -0.4 is 9.47 Å². The van der Waals surface area contributed by atoms with E-state index in [0.717, 1.165) is 20.3 Å². The van der Waals surface area contributed by atoms with Gasteiger partial charge in [0.1, 0.15) is 57.9 Å². The smallest absolute Gasteiger partial charge is 0.358 e. The summed E-state index contributed by atoms with van der Waals surface area (Å²) in [6, 6.07) is 4.83. The topological polar surface area (TPSA) is 227 Å². The number of hydrogen-bond donors (Lipinski definition) is 6. The van der Waals surface area contributed by atoms with Gasteiger partial charge in [0.15, 0.2) is 11.6 Å². The number of rotatable bonds is 3. The van der Waals surface area contributed by atoms with E-state index in [2.05, 4.69) is 0 Å². The second kappa shape index (κ2) is 10.2. The highest BCUT2D eigenvalue weighted by molar-refractivity contribution is 6.14. The fraction of sp³-hybridized carbons (Fsp3) is 0.375. The third-order valence-electron chi connectivity index (χ3n) is 9.25. The minimum Gasteiger partial charge on any atom is -0.507 e. The van der Waals surface area contributed by atoms with Crippen LogP contribution in [0.4, 0.5) is 0 Å². The van der Waals surface area contributed by atoms with Gasteiger partial charge in [-0.1, -0.05) is 13.8 Å². The Hall–Kier alpha value is -5.08. The Balaban J connectivity index is 1.61. The van der Waals surface area contributed by atoms with Crippen LogP contribution in [0, 0.1) is 11.8 Å². The zero-order valence-corrected chi connectivity index (χ0v) is 25.0. The first-order valence-electron chi connectivity index (χ1n) is 14.3. The number of aliphatic hydroxyl groups excluding tert-OH is 4. The van der Waals surface area contributed by atoms with Crippen LogP contribution >= 0.6 is 0 Å². The predicted molar refractivity (Wildman–Crippen MR) is 155 cm³/mol. The molecule has 6 unspecified atom stereocenters. The van der Waals surface area contributed by atoms with Crippen LogP contribution in [0.2, 0.25) is 0 Å². The lowest BCUT2D eigenvalue weighted by Gasteiger charge is -2.46. The molecule has 2 aromatic rings. The molecule has 0 amide bonds.